The number of rotatable bonds is 5. The number of pyridine rings is 1. The number of amides is 1. The van der Waals surface area contributed by atoms with Gasteiger partial charge in [-0.1, -0.05) is 42.1 Å². The van der Waals surface area contributed by atoms with Crippen LogP contribution in [-0.4, -0.2) is 21.8 Å². The van der Waals surface area contributed by atoms with Gasteiger partial charge in [0.05, 0.1) is 16.3 Å². The van der Waals surface area contributed by atoms with Crippen LogP contribution in [0.5, 0.6) is 5.75 Å². The van der Waals surface area contributed by atoms with Crippen LogP contribution in [0.4, 0.5) is 0 Å². The standard InChI is InChI=1S/C21H22N2O2S/c1-13-10-20(23-18-7-5-4-6-17(13)18)26-12-19(24)22-11-16-8-14(2)21(25)15(3)9-16/h4-10,25H,11-12H2,1-3H3,(H,22,24). The molecule has 0 spiro atoms. The summed E-state index contributed by atoms with van der Waals surface area (Å²) in [5, 5.41) is 14.7. The van der Waals surface area contributed by atoms with Crippen molar-refractivity contribution in [3.8, 4) is 5.75 Å². The zero-order chi connectivity index (χ0) is 18.7. The van der Waals surface area contributed by atoms with Gasteiger partial charge >= 0.3 is 0 Å². The number of thioether (sulfide) groups is 1. The molecule has 2 aromatic carbocycles. The maximum Gasteiger partial charge on any atom is 0.230 e. The predicted molar refractivity (Wildman–Crippen MR) is 107 cm³/mol. The summed E-state index contributed by atoms with van der Waals surface area (Å²) < 4.78 is 0. The van der Waals surface area contributed by atoms with Gasteiger partial charge < -0.3 is 10.4 Å². The number of aromatic nitrogens is 1. The van der Waals surface area contributed by atoms with Gasteiger partial charge in [-0.3, -0.25) is 4.79 Å². The predicted octanol–water partition coefficient (Wildman–Crippen LogP) is 4.27. The van der Waals surface area contributed by atoms with Crippen molar-refractivity contribution in [3.63, 3.8) is 0 Å². The second kappa shape index (κ2) is 7.79. The first-order valence-electron chi connectivity index (χ1n) is 8.49. The largest absolute Gasteiger partial charge is 0.507 e. The van der Waals surface area contributed by atoms with Crippen LogP contribution >= 0.6 is 11.8 Å². The Balaban J connectivity index is 1.59. The van der Waals surface area contributed by atoms with Gasteiger partial charge in [0.25, 0.3) is 0 Å². The third-order valence-corrected chi connectivity index (χ3v) is 5.20. The molecule has 2 N–H and O–H groups in total. The molecule has 3 rings (SSSR count). The van der Waals surface area contributed by atoms with Crippen LogP contribution in [0, 0.1) is 20.8 Å². The van der Waals surface area contributed by atoms with Gasteiger partial charge in [-0.05, 0) is 55.2 Å². The van der Waals surface area contributed by atoms with Crippen molar-refractivity contribution in [1.82, 2.24) is 10.3 Å². The van der Waals surface area contributed by atoms with Gasteiger partial charge in [0.15, 0.2) is 0 Å². The van der Waals surface area contributed by atoms with Crippen LogP contribution in [0.25, 0.3) is 10.9 Å². The van der Waals surface area contributed by atoms with Crippen LogP contribution in [0.1, 0.15) is 22.3 Å². The highest BCUT2D eigenvalue weighted by Gasteiger charge is 2.08. The van der Waals surface area contributed by atoms with E-state index in [4.69, 9.17) is 0 Å². The first kappa shape index (κ1) is 18.3. The molecule has 1 amide bonds. The maximum atomic E-state index is 12.2. The number of para-hydroxylation sites is 1. The number of benzene rings is 2. The van der Waals surface area contributed by atoms with Crippen molar-refractivity contribution in [2.24, 2.45) is 0 Å². The Hall–Kier alpha value is -2.53. The first-order valence-corrected chi connectivity index (χ1v) is 9.47. The molecule has 1 aromatic heterocycles. The van der Waals surface area contributed by atoms with E-state index >= 15 is 0 Å². The fourth-order valence-corrected chi connectivity index (χ4v) is 3.74. The molecule has 0 aliphatic carbocycles. The van der Waals surface area contributed by atoms with Crippen molar-refractivity contribution < 1.29 is 9.90 Å². The number of phenols is 1. The monoisotopic (exact) mass is 366 g/mol. The van der Waals surface area contributed by atoms with Crippen molar-refractivity contribution in [2.75, 3.05) is 5.75 Å². The fourth-order valence-electron chi connectivity index (χ4n) is 2.93. The highest BCUT2D eigenvalue weighted by molar-refractivity contribution is 7.99. The average Bonchev–Trinajstić information content (AvgIpc) is 2.62. The van der Waals surface area contributed by atoms with E-state index in [1.54, 1.807) is 0 Å². The van der Waals surface area contributed by atoms with Gasteiger partial charge in [0.1, 0.15) is 5.75 Å². The number of phenolic OH excluding ortho intramolecular Hbond substituents is 1. The van der Waals surface area contributed by atoms with Crippen LogP contribution in [-0.2, 0) is 11.3 Å². The summed E-state index contributed by atoms with van der Waals surface area (Å²) in [6, 6.07) is 13.8. The molecule has 0 fully saturated rings. The lowest BCUT2D eigenvalue weighted by atomic mass is 10.1. The number of fused-ring (bicyclic) bond motifs is 1. The summed E-state index contributed by atoms with van der Waals surface area (Å²) in [5.41, 5.74) is 4.73. The number of aromatic hydroxyl groups is 1. The molecule has 0 aliphatic rings. The highest BCUT2D eigenvalue weighted by Crippen LogP contribution is 2.24. The topological polar surface area (TPSA) is 62.2 Å². The van der Waals surface area contributed by atoms with Crippen LogP contribution < -0.4 is 5.32 Å². The Morgan fingerprint density at radius 1 is 1.08 bits per heavy atom. The van der Waals surface area contributed by atoms with E-state index in [1.165, 1.54) is 11.8 Å². The minimum absolute atomic E-state index is 0.0361. The van der Waals surface area contributed by atoms with Crippen LogP contribution in [0.2, 0.25) is 0 Å². The SMILES string of the molecule is Cc1cc(CNC(=O)CSc2cc(C)c3ccccc3n2)cc(C)c1O. The van der Waals surface area contributed by atoms with Crippen LogP contribution in [0.3, 0.4) is 0 Å². The van der Waals surface area contributed by atoms with E-state index < -0.39 is 0 Å². The molecule has 26 heavy (non-hydrogen) atoms. The second-order valence-electron chi connectivity index (χ2n) is 6.44. The highest BCUT2D eigenvalue weighted by atomic mass is 32.2. The zero-order valence-electron chi connectivity index (χ0n) is 15.2. The normalized spacial score (nSPS) is 10.9. The molecule has 5 heteroatoms. The Bertz CT molecular complexity index is 946. The van der Waals surface area contributed by atoms with Crippen LogP contribution in [0.15, 0.2) is 47.5 Å². The van der Waals surface area contributed by atoms with Gasteiger partial charge in [0, 0.05) is 11.9 Å². The number of aryl methyl sites for hydroxylation is 3. The first-order chi connectivity index (χ1) is 12.4. The van der Waals surface area contributed by atoms with E-state index in [2.05, 4.69) is 23.3 Å². The Kier molecular flexibility index (Phi) is 5.47. The summed E-state index contributed by atoms with van der Waals surface area (Å²) in [7, 11) is 0. The molecule has 0 saturated carbocycles. The number of hydrogen-bond donors (Lipinski definition) is 2. The van der Waals surface area contributed by atoms with Crippen molar-refractivity contribution in [1.29, 1.82) is 0 Å². The summed E-state index contributed by atoms with van der Waals surface area (Å²) in [6.45, 7) is 6.23. The molecule has 0 aliphatic heterocycles. The number of hydrogen-bond acceptors (Lipinski definition) is 4. The lowest BCUT2D eigenvalue weighted by Crippen LogP contribution is -2.24. The molecule has 0 bridgehead atoms. The molecule has 0 saturated heterocycles. The summed E-state index contributed by atoms with van der Waals surface area (Å²) >= 11 is 1.44. The van der Waals surface area contributed by atoms with Gasteiger partial charge in [-0.25, -0.2) is 4.98 Å². The maximum absolute atomic E-state index is 12.2. The molecular weight excluding hydrogens is 344 g/mol. The van der Waals surface area contributed by atoms with Gasteiger partial charge in [0.2, 0.25) is 5.91 Å². The Morgan fingerprint density at radius 3 is 2.50 bits per heavy atom. The smallest absolute Gasteiger partial charge is 0.230 e. The molecule has 0 atom stereocenters. The van der Waals surface area contributed by atoms with Crippen molar-refractivity contribution >= 4 is 28.6 Å². The minimum atomic E-state index is -0.0361. The second-order valence-corrected chi connectivity index (χ2v) is 7.43. The lowest BCUT2D eigenvalue weighted by molar-refractivity contribution is -0.118. The minimum Gasteiger partial charge on any atom is -0.507 e. The molecular formula is C21H22N2O2S. The van der Waals surface area contributed by atoms with Gasteiger partial charge in [-0.15, -0.1) is 0 Å². The zero-order valence-corrected chi connectivity index (χ0v) is 16.0. The number of carbonyl (C=O) groups excluding carboxylic acids is 1. The number of nitrogens with one attached hydrogen (secondary N) is 1. The third kappa shape index (κ3) is 4.17. The average molecular weight is 366 g/mol. The van der Waals surface area contributed by atoms with E-state index in [1.807, 2.05) is 50.2 Å². The molecule has 0 radical (unpaired) electrons. The Labute approximate surface area is 157 Å². The third-order valence-electron chi connectivity index (χ3n) is 4.29. The summed E-state index contributed by atoms with van der Waals surface area (Å²) in [5.74, 6) is 0.597. The van der Waals surface area contributed by atoms with Gasteiger partial charge in [-0.2, -0.15) is 0 Å². The molecule has 4 nitrogen and oxygen atoms in total. The van der Waals surface area contributed by atoms with Crippen molar-refractivity contribution in [3.05, 3.63) is 64.7 Å². The lowest BCUT2D eigenvalue weighted by Gasteiger charge is -2.10. The number of carbonyl (C=O) groups is 1. The molecule has 1 heterocycles. The van der Waals surface area contributed by atoms with E-state index in [0.29, 0.717) is 18.0 Å². The quantitative estimate of drug-likeness (QED) is 0.662. The van der Waals surface area contributed by atoms with E-state index in [-0.39, 0.29) is 5.91 Å². The van der Waals surface area contributed by atoms with E-state index in [9.17, 15) is 9.90 Å². The van der Waals surface area contributed by atoms with E-state index in [0.717, 1.165) is 38.2 Å². The molecule has 0 unspecified atom stereocenters. The summed E-state index contributed by atoms with van der Waals surface area (Å²) in [4.78, 5) is 16.8. The molecule has 3 aromatic rings. The Morgan fingerprint density at radius 2 is 1.77 bits per heavy atom. The molecule has 134 valence electrons. The van der Waals surface area contributed by atoms with Crippen molar-refractivity contribution in [2.45, 2.75) is 32.3 Å². The number of nitrogens with zero attached hydrogens (tertiary/aromatic N) is 1. The fraction of sp³-hybridized carbons (Fsp3) is 0.238. The summed E-state index contributed by atoms with van der Waals surface area (Å²) in [6.07, 6.45) is 0.